The number of hydrogen-bond acceptors (Lipinski definition) is 2. The summed E-state index contributed by atoms with van der Waals surface area (Å²) in [7, 11) is 3.59. The molecule has 0 bridgehead atoms. The summed E-state index contributed by atoms with van der Waals surface area (Å²) in [5.41, 5.74) is 5.50. The number of nitrogens with zero attached hydrogens (tertiary/aromatic N) is 1. The summed E-state index contributed by atoms with van der Waals surface area (Å²) >= 11 is 0. The number of carbonyl (C=O) groups excluding carboxylic acids is 1. The van der Waals surface area contributed by atoms with Gasteiger partial charge in [-0.3, -0.25) is 4.79 Å². The predicted octanol–water partition coefficient (Wildman–Crippen LogP) is 1.09. The molecule has 3 heteroatoms. The van der Waals surface area contributed by atoms with Crippen LogP contribution in [0.5, 0.6) is 0 Å². The van der Waals surface area contributed by atoms with Crippen molar-refractivity contribution < 1.29 is 4.79 Å². The molecule has 0 aliphatic heterocycles. The molecule has 0 aliphatic rings. The first-order chi connectivity index (χ1) is 5.99. The molecule has 2 atom stereocenters. The molecule has 78 valence electrons. The summed E-state index contributed by atoms with van der Waals surface area (Å²) in [4.78, 5) is 13.1. The fourth-order valence-electron chi connectivity index (χ4n) is 1.22. The summed E-state index contributed by atoms with van der Waals surface area (Å²) < 4.78 is 0. The van der Waals surface area contributed by atoms with E-state index in [1.54, 1.807) is 19.0 Å². The van der Waals surface area contributed by atoms with Gasteiger partial charge >= 0.3 is 0 Å². The van der Waals surface area contributed by atoms with Crippen molar-refractivity contribution in [3.8, 4) is 0 Å². The van der Waals surface area contributed by atoms with Gasteiger partial charge in [0, 0.05) is 20.0 Å². The Kier molecular flexibility index (Phi) is 5.71. The number of carbonyl (C=O) groups is 1. The third-order valence-corrected chi connectivity index (χ3v) is 2.36. The zero-order chi connectivity index (χ0) is 10.4. The van der Waals surface area contributed by atoms with Gasteiger partial charge in [0.1, 0.15) is 0 Å². The molecular weight excluding hydrogens is 164 g/mol. The van der Waals surface area contributed by atoms with Gasteiger partial charge < -0.3 is 10.6 Å². The normalized spacial score (nSPS) is 15.2. The summed E-state index contributed by atoms with van der Waals surface area (Å²) in [6.45, 7) is 4.81. The van der Waals surface area contributed by atoms with Crippen LogP contribution in [0.25, 0.3) is 0 Å². The monoisotopic (exact) mass is 186 g/mol. The van der Waals surface area contributed by atoms with Crippen molar-refractivity contribution in [2.45, 2.75) is 26.7 Å². The third-order valence-electron chi connectivity index (χ3n) is 2.36. The van der Waals surface area contributed by atoms with Crippen LogP contribution in [0.1, 0.15) is 26.7 Å². The van der Waals surface area contributed by atoms with E-state index in [4.69, 9.17) is 5.73 Å². The Balaban J connectivity index is 3.74. The maximum absolute atomic E-state index is 11.4. The number of nitrogens with two attached hydrogens (primary N) is 1. The molecule has 0 aromatic rings. The van der Waals surface area contributed by atoms with E-state index < -0.39 is 0 Å². The average molecular weight is 186 g/mol. The van der Waals surface area contributed by atoms with E-state index in [9.17, 15) is 4.79 Å². The van der Waals surface area contributed by atoms with Gasteiger partial charge in [0.25, 0.3) is 0 Å². The number of rotatable bonds is 5. The lowest BCUT2D eigenvalue weighted by Crippen LogP contribution is -2.28. The minimum Gasteiger partial charge on any atom is -0.349 e. The van der Waals surface area contributed by atoms with Crippen LogP contribution >= 0.6 is 0 Å². The van der Waals surface area contributed by atoms with Crippen LogP contribution in [-0.2, 0) is 4.79 Å². The number of hydrogen-bond donors (Lipinski definition) is 1. The van der Waals surface area contributed by atoms with Crippen LogP contribution < -0.4 is 5.73 Å². The first kappa shape index (κ1) is 12.4. The van der Waals surface area contributed by atoms with Crippen molar-refractivity contribution >= 4 is 5.91 Å². The Labute approximate surface area is 81.3 Å². The summed E-state index contributed by atoms with van der Waals surface area (Å²) in [5.74, 6) is 0.866. The Hall–Kier alpha value is -0.570. The van der Waals surface area contributed by atoms with Gasteiger partial charge in [-0.05, 0) is 25.3 Å². The first-order valence-electron chi connectivity index (χ1n) is 4.90. The molecule has 3 nitrogen and oxygen atoms in total. The molecular formula is C10H22N2O. The first-order valence-corrected chi connectivity index (χ1v) is 4.90. The minimum atomic E-state index is 0.129. The molecule has 0 fully saturated rings. The lowest BCUT2D eigenvalue weighted by Gasteiger charge is -2.17. The van der Waals surface area contributed by atoms with Crippen molar-refractivity contribution in [2.24, 2.45) is 17.6 Å². The molecule has 1 amide bonds. The van der Waals surface area contributed by atoms with Gasteiger partial charge in [-0.2, -0.15) is 0 Å². The largest absolute Gasteiger partial charge is 0.349 e. The van der Waals surface area contributed by atoms with Gasteiger partial charge in [0.05, 0.1) is 0 Å². The Morgan fingerprint density at radius 3 is 2.23 bits per heavy atom. The molecule has 2 N–H and O–H groups in total. The zero-order valence-electron chi connectivity index (χ0n) is 9.21. The van der Waals surface area contributed by atoms with Crippen LogP contribution in [-0.4, -0.2) is 31.4 Å². The molecule has 0 spiro atoms. The molecule has 0 radical (unpaired) electrons. The summed E-state index contributed by atoms with van der Waals surface area (Å²) in [6.07, 6.45) is 1.98. The van der Waals surface area contributed by atoms with Crippen LogP contribution in [0.2, 0.25) is 0 Å². The minimum absolute atomic E-state index is 0.129. The second kappa shape index (κ2) is 5.97. The fraction of sp³-hybridized carbons (Fsp3) is 0.900. The van der Waals surface area contributed by atoms with Crippen molar-refractivity contribution in [1.29, 1.82) is 0 Å². The van der Waals surface area contributed by atoms with Gasteiger partial charge in [0.2, 0.25) is 5.91 Å². The SMILES string of the molecule is CC(CN)CCC(C)C(=O)N(C)C. The molecule has 0 saturated carbocycles. The quantitative estimate of drug-likeness (QED) is 0.698. The molecule has 0 saturated heterocycles. The van der Waals surface area contributed by atoms with Crippen molar-refractivity contribution in [1.82, 2.24) is 4.90 Å². The van der Waals surface area contributed by atoms with Crippen molar-refractivity contribution in [3.63, 3.8) is 0 Å². The lowest BCUT2D eigenvalue weighted by molar-refractivity contribution is -0.132. The molecule has 0 aliphatic carbocycles. The van der Waals surface area contributed by atoms with Crippen molar-refractivity contribution in [2.75, 3.05) is 20.6 Å². The summed E-state index contributed by atoms with van der Waals surface area (Å²) in [6, 6.07) is 0. The lowest BCUT2D eigenvalue weighted by atomic mass is 9.97. The van der Waals surface area contributed by atoms with E-state index in [0.717, 1.165) is 12.8 Å². The molecule has 0 rings (SSSR count). The number of amides is 1. The highest BCUT2D eigenvalue weighted by Gasteiger charge is 2.15. The maximum Gasteiger partial charge on any atom is 0.224 e. The van der Waals surface area contributed by atoms with E-state index in [-0.39, 0.29) is 11.8 Å². The Bertz CT molecular complexity index is 157. The van der Waals surface area contributed by atoms with E-state index in [2.05, 4.69) is 6.92 Å². The molecule has 0 aromatic heterocycles. The van der Waals surface area contributed by atoms with Crippen LogP contribution in [0.4, 0.5) is 0 Å². The van der Waals surface area contributed by atoms with Gasteiger partial charge in [-0.15, -0.1) is 0 Å². The highest BCUT2D eigenvalue weighted by atomic mass is 16.2. The van der Waals surface area contributed by atoms with E-state index >= 15 is 0 Å². The second-order valence-electron chi connectivity index (χ2n) is 4.05. The van der Waals surface area contributed by atoms with Crippen LogP contribution in [0.15, 0.2) is 0 Å². The molecule has 2 unspecified atom stereocenters. The van der Waals surface area contributed by atoms with E-state index in [0.29, 0.717) is 12.5 Å². The molecule has 0 heterocycles. The van der Waals surface area contributed by atoms with Gasteiger partial charge in [0.15, 0.2) is 0 Å². The van der Waals surface area contributed by atoms with Crippen molar-refractivity contribution in [3.05, 3.63) is 0 Å². The summed E-state index contributed by atoms with van der Waals surface area (Å²) in [5, 5.41) is 0. The van der Waals surface area contributed by atoms with Crippen LogP contribution in [0, 0.1) is 11.8 Å². The molecule has 0 aromatic carbocycles. The average Bonchev–Trinajstić information content (AvgIpc) is 2.11. The maximum atomic E-state index is 11.4. The smallest absolute Gasteiger partial charge is 0.224 e. The predicted molar refractivity (Wildman–Crippen MR) is 55.3 cm³/mol. The standard InChI is InChI=1S/C10H22N2O/c1-8(7-11)5-6-9(2)10(13)12(3)4/h8-9H,5-7,11H2,1-4H3. The Morgan fingerprint density at radius 2 is 1.85 bits per heavy atom. The van der Waals surface area contributed by atoms with Gasteiger partial charge in [-0.25, -0.2) is 0 Å². The Morgan fingerprint density at radius 1 is 1.31 bits per heavy atom. The van der Waals surface area contributed by atoms with E-state index in [1.165, 1.54) is 0 Å². The third kappa shape index (κ3) is 4.88. The van der Waals surface area contributed by atoms with Gasteiger partial charge in [-0.1, -0.05) is 13.8 Å². The van der Waals surface area contributed by atoms with Crippen LogP contribution in [0.3, 0.4) is 0 Å². The highest BCUT2D eigenvalue weighted by Crippen LogP contribution is 2.12. The van der Waals surface area contributed by atoms with E-state index in [1.807, 2.05) is 6.92 Å². The second-order valence-corrected chi connectivity index (χ2v) is 4.05. The zero-order valence-corrected chi connectivity index (χ0v) is 9.21. The highest BCUT2D eigenvalue weighted by molar-refractivity contribution is 5.77. The topological polar surface area (TPSA) is 46.3 Å². The fourth-order valence-corrected chi connectivity index (χ4v) is 1.22. The molecule has 13 heavy (non-hydrogen) atoms.